The summed E-state index contributed by atoms with van der Waals surface area (Å²) >= 11 is 0. The van der Waals surface area contributed by atoms with Crippen molar-refractivity contribution in [2.45, 2.75) is 6.42 Å². The maximum atomic E-state index is 12.2. The first-order valence-electron chi connectivity index (χ1n) is 7.47. The van der Waals surface area contributed by atoms with Gasteiger partial charge in [0.1, 0.15) is 5.75 Å². The third-order valence-electron chi connectivity index (χ3n) is 3.83. The summed E-state index contributed by atoms with van der Waals surface area (Å²) in [6, 6.07) is 14.6. The molecule has 0 fully saturated rings. The standard InChI is InChI=1S/C19H17NO3/c1-23-17-12-5-2-8-14(17)9-6-7-13-20-18(21)15-10-3-4-11-16(15)19(20)22/h2-6,8-12H,7,13H2,1H3/b9-6+. The van der Waals surface area contributed by atoms with Crippen LogP contribution >= 0.6 is 0 Å². The Balaban J connectivity index is 1.65. The second kappa shape index (κ2) is 6.48. The highest BCUT2D eigenvalue weighted by Crippen LogP contribution is 2.23. The van der Waals surface area contributed by atoms with Gasteiger partial charge in [-0.25, -0.2) is 0 Å². The number of ether oxygens (including phenoxy) is 1. The summed E-state index contributed by atoms with van der Waals surface area (Å²) in [6.45, 7) is 0.373. The van der Waals surface area contributed by atoms with Crippen LogP contribution in [0.25, 0.3) is 6.08 Å². The number of hydrogen-bond donors (Lipinski definition) is 0. The Labute approximate surface area is 135 Å². The van der Waals surface area contributed by atoms with Gasteiger partial charge in [-0.05, 0) is 24.6 Å². The Morgan fingerprint density at radius 1 is 0.957 bits per heavy atom. The van der Waals surface area contributed by atoms with Crippen LogP contribution in [0.2, 0.25) is 0 Å². The van der Waals surface area contributed by atoms with Crippen molar-refractivity contribution in [2.24, 2.45) is 0 Å². The summed E-state index contributed by atoms with van der Waals surface area (Å²) in [7, 11) is 1.63. The average molecular weight is 307 g/mol. The van der Waals surface area contributed by atoms with Gasteiger partial charge in [0.25, 0.3) is 11.8 Å². The lowest BCUT2D eigenvalue weighted by Crippen LogP contribution is -2.30. The summed E-state index contributed by atoms with van der Waals surface area (Å²) in [5, 5.41) is 0. The van der Waals surface area contributed by atoms with Crippen molar-refractivity contribution in [3.63, 3.8) is 0 Å². The molecule has 1 aliphatic heterocycles. The first kappa shape index (κ1) is 15.0. The molecule has 0 radical (unpaired) electrons. The van der Waals surface area contributed by atoms with Gasteiger partial charge in [0.15, 0.2) is 0 Å². The fourth-order valence-electron chi connectivity index (χ4n) is 2.66. The molecule has 0 N–H and O–H groups in total. The number of imide groups is 1. The molecule has 1 heterocycles. The second-order valence-corrected chi connectivity index (χ2v) is 5.24. The quantitative estimate of drug-likeness (QED) is 0.795. The summed E-state index contributed by atoms with van der Waals surface area (Å²) in [5.41, 5.74) is 1.95. The van der Waals surface area contributed by atoms with Crippen molar-refractivity contribution in [3.8, 4) is 5.75 Å². The second-order valence-electron chi connectivity index (χ2n) is 5.24. The molecule has 1 aliphatic rings. The maximum Gasteiger partial charge on any atom is 0.261 e. The maximum absolute atomic E-state index is 12.2. The van der Waals surface area contributed by atoms with Gasteiger partial charge < -0.3 is 4.74 Å². The molecule has 0 aliphatic carbocycles. The third-order valence-corrected chi connectivity index (χ3v) is 3.83. The molecular formula is C19H17NO3. The molecule has 0 unspecified atom stereocenters. The van der Waals surface area contributed by atoms with E-state index in [9.17, 15) is 9.59 Å². The van der Waals surface area contributed by atoms with Gasteiger partial charge in [0, 0.05) is 12.1 Å². The van der Waals surface area contributed by atoms with E-state index < -0.39 is 0 Å². The fourth-order valence-corrected chi connectivity index (χ4v) is 2.66. The van der Waals surface area contributed by atoms with Crippen LogP contribution in [0.4, 0.5) is 0 Å². The number of methoxy groups -OCH3 is 1. The Morgan fingerprint density at radius 3 is 2.22 bits per heavy atom. The SMILES string of the molecule is COc1ccccc1/C=C/CCN1C(=O)c2ccccc2C1=O. The monoisotopic (exact) mass is 307 g/mol. The topological polar surface area (TPSA) is 46.6 Å². The van der Waals surface area contributed by atoms with Crippen LogP contribution < -0.4 is 4.74 Å². The van der Waals surface area contributed by atoms with Gasteiger partial charge in [-0.2, -0.15) is 0 Å². The van der Waals surface area contributed by atoms with Crippen molar-refractivity contribution in [1.82, 2.24) is 4.90 Å². The molecule has 4 nitrogen and oxygen atoms in total. The molecule has 116 valence electrons. The van der Waals surface area contributed by atoms with Gasteiger partial charge in [-0.1, -0.05) is 42.5 Å². The first-order chi connectivity index (χ1) is 11.2. The number of fused-ring (bicyclic) bond motifs is 1. The molecule has 0 aromatic heterocycles. The molecule has 0 spiro atoms. The smallest absolute Gasteiger partial charge is 0.261 e. The van der Waals surface area contributed by atoms with E-state index in [-0.39, 0.29) is 11.8 Å². The summed E-state index contributed by atoms with van der Waals surface area (Å²) in [5.74, 6) is 0.372. The Hall–Kier alpha value is -2.88. The normalized spacial score (nSPS) is 13.7. The predicted molar refractivity (Wildman–Crippen MR) is 88.5 cm³/mol. The number of amides is 2. The van der Waals surface area contributed by atoms with Crippen molar-refractivity contribution >= 4 is 17.9 Å². The van der Waals surface area contributed by atoms with Crippen LogP contribution in [0.5, 0.6) is 5.75 Å². The molecule has 0 saturated heterocycles. The fraction of sp³-hybridized carbons (Fsp3) is 0.158. The number of nitrogens with zero attached hydrogens (tertiary/aromatic N) is 1. The molecule has 2 aromatic carbocycles. The van der Waals surface area contributed by atoms with Crippen LogP contribution in [0, 0.1) is 0 Å². The lowest BCUT2D eigenvalue weighted by molar-refractivity contribution is 0.0657. The highest BCUT2D eigenvalue weighted by Gasteiger charge is 2.34. The molecule has 0 bridgehead atoms. The number of benzene rings is 2. The molecule has 0 saturated carbocycles. The van der Waals surface area contributed by atoms with Gasteiger partial charge >= 0.3 is 0 Å². The van der Waals surface area contributed by atoms with Gasteiger partial charge in [-0.3, -0.25) is 14.5 Å². The van der Waals surface area contributed by atoms with Crippen LogP contribution in [0.1, 0.15) is 32.7 Å². The van der Waals surface area contributed by atoms with Crippen LogP contribution in [-0.4, -0.2) is 30.4 Å². The molecule has 2 amide bonds. The number of para-hydroxylation sites is 1. The van der Waals surface area contributed by atoms with Crippen molar-refractivity contribution < 1.29 is 14.3 Å². The average Bonchev–Trinajstić information content (AvgIpc) is 2.84. The molecule has 3 rings (SSSR count). The summed E-state index contributed by atoms with van der Waals surface area (Å²) < 4.78 is 5.28. The highest BCUT2D eigenvalue weighted by atomic mass is 16.5. The van der Waals surface area contributed by atoms with Gasteiger partial charge in [0.05, 0.1) is 18.2 Å². The zero-order valence-electron chi connectivity index (χ0n) is 12.9. The lowest BCUT2D eigenvalue weighted by atomic mass is 10.1. The minimum atomic E-state index is -0.212. The van der Waals surface area contributed by atoms with Crippen molar-refractivity contribution in [3.05, 3.63) is 71.3 Å². The van der Waals surface area contributed by atoms with Gasteiger partial charge in [0.2, 0.25) is 0 Å². The van der Waals surface area contributed by atoms with Crippen LogP contribution in [0.15, 0.2) is 54.6 Å². The zero-order valence-corrected chi connectivity index (χ0v) is 12.9. The van der Waals surface area contributed by atoms with Crippen molar-refractivity contribution in [1.29, 1.82) is 0 Å². The Bertz CT molecular complexity index is 745. The number of hydrogen-bond acceptors (Lipinski definition) is 3. The number of carbonyl (C=O) groups is 2. The van der Waals surface area contributed by atoms with E-state index in [0.717, 1.165) is 11.3 Å². The third kappa shape index (κ3) is 2.88. The van der Waals surface area contributed by atoms with Crippen molar-refractivity contribution in [2.75, 3.05) is 13.7 Å². The molecular weight excluding hydrogens is 290 g/mol. The largest absolute Gasteiger partial charge is 0.496 e. The zero-order chi connectivity index (χ0) is 16.2. The summed E-state index contributed by atoms with van der Waals surface area (Å²) in [4.78, 5) is 25.8. The highest BCUT2D eigenvalue weighted by molar-refractivity contribution is 6.21. The first-order valence-corrected chi connectivity index (χ1v) is 7.47. The predicted octanol–water partition coefficient (Wildman–Crippen LogP) is 3.39. The molecule has 0 atom stereocenters. The molecule has 4 heteroatoms. The van der Waals surface area contributed by atoms with E-state index in [1.807, 2.05) is 36.4 Å². The van der Waals surface area contributed by atoms with E-state index >= 15 is 0 Å². The Kier molecular flexibility index (Phi) is 4.24. The number of rotatable bonds is 5. The van der Waals surface area contributed by atoms with E-state index in [1.165, 1.54) is 4.90 Å². The molecule has 2 aromatic rings. The van der Waals surface area contributed by atoms with Gasteiger partial charge in [-0.15, -0.1) is 0 Å². The minimum Gasteiger partial charge on any atom is -0.496 e. The lowest BCUT2D eigenvalue weighted by Gasteiger charge is -2.12. The summed E-state index contributed by atoms with van der Waals surface area (Å²) in [6.07, 6.45) is 4.49. The van der Waals surface area contributed by atoms with E-state index in [2.05, 4.69) is 0 Å². The number of carbonyl (C=O) groups excluding carboxylic acids is 2. The van der Waals surface area contributed by atoms with Crippen LogP contribution in [0.3, 0.4) is 0 Å². The van der Waals surface area contributed by atoms with Crippen LogP contribution in [-0.2, 0) is 0 Å². The minimum absolute atomic E-state index is 0.212. The van der Waals surface area contributed by atoms with E-state index in [4.69, 9.17) is 4.74 Å². The van der Waals surface area contributed by atoms with E-state index in [0.29, 0.717) is 24.1 Å². The molecule has 23 heavy (non-hydrogen) atoms. The van der Waals surface area contributed by atoms with E-state index in [1.54, 1.807) is 31.4 Å². The Morgan fingerprint density at radius 2 is 1.57 bits per heavy atom.